The molecule has 23 heavy (non-hydrogen) atoms. The molecule has 0 aromatic carbocycles. The summed E-state index contributed by atoms with van der Waals surface area (Å²) in [7, 11) is 0. The zero-order valence-electron chi connectivity index (χ0n) is 14.5. The van der Waals surface area contributed by atoms with E-state index in [9.17, 15) is 0 Å². The molecule has 0 atom stereocenters. The number of hydrogen-bond acceptors (Lipinski definition) is 6. The molecule has 1 heterocycles. The van der Waals surface area contributed by atoms with Crippen molar-refractivity contribution in [3.63, 3.8) is 0 Å². The van der Waals surface area contributed by atoms with Crippen LogP contribution in [0.4, 0.5) is 11.5 Å². The number of aromatic nitrogens is 1. The van der Waals surface area contributed by atoms with Crippen molar-refractivity contribution in [3.8, 4) is 5.88 Å². The molecule has 0 saturated heterocycles. The van der Waals surface area contributed by atoms with Crippen molar-refractivity contribution in [2.45, 2.75) is 39.5 Å². The lowest BCUT2D eigenvalue weighted by Crippen LogP contribution is -2.25. The van der Waals surface area contributed by atoms with Gasteiger partial charge in [0.2, 0.25) is 5.88 Å². The summed E-state index contributed by atoms with van der Waals surface area (Å²) < 4.78 is 11.1. The second-order valence-electron chi connectivity index (χ2n) is 5.47. The van der Waals surface area contributed by atoms with Gasteiger partial charge in [-0.3, -0.25) is 0 Å². The first-order valence-corrected chi connectivity index (χ1v) is 8.55. The number of nitrogens with two attached hydrogens (primary N) is 1. The molecule has 0 saturated carbocycles. The molecular weight excluding hydrogens is 294 g/mol. The minimum Gasteiger partial charge on any atom is -0.475 e. The quantitative estimate of drug-likeness (QED) is 0.542. The third-order valence-corrected chi connectivity index (χ3v) is 3.33. The maximum Gasteiger partial charge on any atom is 0.217 e. The van der Waals surface area contributed by atoms with Crippen LogP contribution in [0.5, 0.6) is 5.88 Å². The van der Waals surface area contributed by atoms with E-state index in [-0.39, 0.29) is 6.61 Å². The summed E-state index contributed by atoms with van der Waals surface area (Å²) in [4.78, 5) is 6.53. The number of nitrogens with zero attached hydrogens (tertiary/aromatic N) is 2. The molecular formula is C17H31N3O3. The predicted octanol–water partition coefficient (Wildman–Crippen LogP) is 2.46. The summed E-state index contributed by atoms with van der Waals surface area (Å²) in [6.45, 7) is 8.11. The van der Waals surface area contributed by atoms with E-state index in [1.54, 1.807) is 0 Å². The highest BCUT2D eigenvalue weighted by molar-refractivity contribution is 5.55. The SMILES string of the molecule is CCCN(CCC)c1cc(N)nc(OCCOCCCCO)c1. The number of unbranched alkanes of at least 4 members (excludes halogenated alkanes) is 1. The van der Waals surface area contributed by atoms with Gasteiger partial charge in [0, 0.05) is 44.1 Å². The molecule has 1 aromatic rings. The minimum atomic E-state index is 0.210. The van der Waals surface area contributed by atoms with Crippen molar-refractivity contribution in [2.24, 2.45) is 0 Å². The van der Waals surface area contributed by atoms with Crippen molar-refractivity contribution in [1.29, 1.82) is 0 Å². The van der Waals surface area contributed by atoms with E-state index in [0.29, 0.717) is 31.5 Å². The van der Waals surface area contributed by atoms with Crippen LogP contribution < -0.4 is 15.4 Å². The first-order chi connectivity index (χ1) is 11.2. The number of ether oxygens (including phenoxy) is 2. The summed E-state index contributed by atoms with van der Waals surface area (Å²) >= 11 is 0. The van der Waals surface area contributed by atoms with E-state index in [4.69, 9.17) is 20.3 Å². The first-order valence-electron chi connectivity index (χ1n) is 8.55. The van der Waals surface area contributed by atoms with Crippen LogP contribution in [0.2, 0.25) is 0 Å². The molecule has 0 amide bonds. The van der Waals surface area contributed by atoms with Crippen molar-refractivity contribution in [3.05, 3.63) is 12.1 Å². The van der Waals surface area contributed by atoms with Gasteiger partial charge in [-0.25, -0.2) is 0 Å². The fraction of sp³-hybridized carbons (Fsp3) is 0.706. The molecule has 0 aliphatic rings. The third kappa shape index (κ3) is 8.04. The van der Waals surface area contributed by atoms with Crippen LogP contribution in [-0.4, -0.2) is 49.6 Å². The number of aliphatic hydroxyl groups excluding tert-OH is 1. The molecule has 0 radical (unpaired) electrons. The van der Waals surface area contributed by atoms with Gasteiger partial charge in [-0.1, -0.05) is 13.8 Å². The lowest BCUT2D eigenvalue weighted by molar-refractivity contribution is 0.0930. The zero-order valence-corrected chi connectivity index (χ0v) is 14.5. The maximum absolute atomic E-state index is 8.69. The highest BCUT2D eigenvalue weighted by atomic mass is 16.5. The molecule has 0 bridgehead atoms. The van der Waals surface area contributed by atoms with Crippen LogP contribution in [0.1, 0.15) is 39.5 Å². The summed E-state index contributed by atoms with van der Waals surface area (Å²) in [6.07, 6.45) is 3.80. The van der Waals surface area contributed by atoms with E-state index in [1.165, 1.54) is 0 Å². The first kappa shape index (κ1) is 19.5. The average Bonchev–Trinajstić information content (AvgIpc) is 2.53. The summed E-state index contributed by atoms with van der Waals surface area (Å²) in [5.41, 5.74) is 6.96. The Morgan fingerprint density at radius 2 is 1.83 bits per heavy atom. The van der Waals surface area contributed by atoms with Crippen LogP contribution >= 0.6 is 0 Å². The Hall–Kier alpha value is -1.53. The highest BCUT2D eigenvalue weighted by Crippen LogP contribution is 2.23. The van der Waals surface area contributed by atoms with Gasteiger partial charge in [0.15, 0.2) is 0 Å². The molecule has 6 nitrogen and oxygen atoms in total. The minimum absolute atomic E-state index is 0.210. The number of hydrogen-bond donors (Lipinski definition) is 2. The Bertz CT molecular complexity index is 424. The van der Waals surface area contributed by atoms with Gasteiger partial charge in [0.05, 0.1) is 6.61 Å². The molecule has 6 heteroatoms. The van der Waals surface area contributed by atoms with Gasteiger partial charge < -0.3 is 25.2 Å². The van der Waals surface area contributed by atoms with Crippen LogP contribution in [0, 0.1) is 0 Å². The zero-order chi connectivity index (χ0) is 16.9. The number of anilines is 2. The normalized spacial score (nSPS) is 10.7. The van der Waals surface area contributed by atoms with Crippen LogP contribution in [-0.2, 0) is 4.74 Å². The van der Waals surface area contributed by atoms with Crippen molar-refractivity contribution in [1.82, 2.24) is 4.98 Å². The number of pyridine rings is 1. The molecule has 0 aliphatic carbocycles. The molecule has 3 N–H and O–H groups in total. The van der Waals surface area contributed by atoms with Gasteiger partial charge in [-0.2, -0.15) is 4.98 Å². The lowest BCUT2D eigenvalue weighted by atomic mass is 10.3. The Kier molecular flexibility index (Phi) is 10.2. The van der Waals surface area contributed by atoms with Gasteiger partial charge in [0.25, 0.3) is 0 Å². The smallest absolute Gasteiger partial charge is 0.217 e. The van der Waals surface area contributed by atoms with Crippen molar-refractivity contribution in [2.75, 3.05) is 50.2 Å². The van der Waals surface area contributed by atoms with Gasteiger partial charge >= 0.3 is 0 Å². The molecule has 1 rings (SSSR count). The standard InChI is InChI=1S/C17H31N3O3/c1-3-7-20(8-4-2)15-13-16(18)19-17(14-15)23-12-11-22-10-6-5-9-21/h13-14,21H,3-12H2,1-2H3,(H2,18,19). The van der Waals surface area contributed by atoms with Crippen LogP contribution in [0.3, 0.4) is 0 Å². The van der Waals surface area contributed by atoms with E-state index in [1.807, 2.05) is 12.1 Å². The molecule has 1 aromatic heterocycles. The van der Waals surface area contributed by atoms with Gasteiger partial charge in [0.1, 0.15) is 12.4 Å². The Labute approximate surface area is 139 Å². The fourth-order valence-corrected chi connectivity index (χ4v) is 2.30. The Balaban J connectivity index is 2.49. The van der Waals surface area contributed by atoms with Crippen molar-refractivity contribution >= 4 is 11.5 Å². The molecule has 132 valence electrons. The number of nitrogen functional groups attached to an aromatic ring is 1. The summed E-state index contributed by atoms with van der Waals surface area (Å²) in [6, 6.07) is 3.83. The second-order valence-corrected chi connectivity index (χ2v) is 5.47. The Morgan fingerprint density at radius 3 is 2.48 bits per heavy atom. The largest absolute Gasteiger partial charge is 0.475 e. The maximum atomic E-state index is 8.69. The Morgan fingerprint density at radius 1 is 1.09 bits per heavy atom. The van der Waals surface area contributed by atoms with Gasteiger partial charge in [-0.05, 0) is 25.7 Å². The van der Waals surface area contributed by atoms with E-state index >= 15 is 0 Å². The van der Waals surface area contributed by atoms with Crippen molar-refractivity contribution < 1.29 is 14.6 Å². The van der Waals surface area contributed by atoms with E-state index < -0.39 is 0 Å². The highest BCUT2D eigenvalue weighted by Gasteiger charge is 2.08. The molecule has 0 aliphatic heterocycles. The average molecular weight is 325 g/mol. The molecule has 0 unspecified atom stereocenters. The number of aliphatic hydroxyl groups is 1. The number of rotatable bonds is 13. The van der Waals surface area contributed by atoms with Crippen LogP contribution in [0.25, 0.3) is 0 Å². The summed E-state index contributed by atoms with van der Waals surface area (Å²) in [5.74, 6) is 1.01. The van der Waals surface area contributed by atoms with Crippen LogP contribution in [0.15, 0.2) is 12.1 Å². The molecule has 0 spiro atoms. The second kappa shape index (κ2) is 12.0. The van der Waals surface area contributed by atoms with E-state index in [2.05, 4.69) is 23.7 Å². The summed E-state index contributed by atoms with van der Waals surface area (Å²) in [5, 5.41) is 8.69. The molecule has 0 fully saturated rings. The monoisotopic (exact) mass is 325 g/mol. The topological polar surface area (TPSA) is 80.8 Å². The van der Waals surface area contributed by atoms with Gasteiger partial charge in [-0.15, -0.1) is 0 Å². The van der Waals surface area contributed by atoms with E-state index in [0.717, 1.165) is 44.5 Å². The fourth-order valence-electron chi connectivity index (χ4n) is 2.30. The third-order valence-electron chi connectivity index (χ3n) is 3.33. The predicted molar refractivity (Wildman–Crippen MR) is 94.1 cm³/mol. The lowest BCUT2D eigenvalue weighted by Gasteiger charge is -2.24.